The third-order valence-corrected chi connectivity index (χ3v) is 6.48. The molecule has 0 radical (unpaired) electrons. The first-order chi connectivity index (χ1) is 15.1. The molecule has 1 aliphatic heterocycles. The van der Waals surface area contributed by atoms with E-state index in [1.165, 1.54) is 4.90 Å². The molecule has 0 saturated carbocycles. The maximum atomic E-state index is 13.1. The molecular weight excluding hydrogens is 410 g/mol. The van der Waals surface area contributed by atoms with Crippen molar-refractivity contribution in [2.75, 3.05) is 24.5 Å². The Kier molecular flexibility index (Phi) is 6.32. The van der Waals surface area contributed by atoms with Crippen LogP contribution in [0, 0.1) is 5.92 Å². The van der Waals surface area contributed by atoms with Crippen LogP contribution in [0.15, 0.2) is 60.0 Å². The highest BCUT2D eigenvalue weighted by Crippen LogP contribution is 2.32. The number of anilines is 1. The van der Waals surface area contributed by atoms with Crippen LogP contribution >= 0.6 is 11.3 Å². The molecule has 2 heterocycles. The molecule has 0 spiro atoms. The lowest BCUT2D eigenvalue weighted by atomic mass is 10.1. The quantitative estimate of drug-likeness (QED) is 0.618. The molecule has 7 heteroatoms. The van der Waals surface area contributed by atoms with E-state index in [1.807, 2.05) is 66.9 Å². The number of benzene rings is 2. The van der Waals surface area contributed by atoms with Crippen LogP contribution in [0.3, 0.4) is 0 Å². The normalized spacial score (nSPS) is 16.0. The van der Waals surface area contributed by atoms with Crippen molar-refractivity contribution >= 4 is 45.5 Å². The van der Waals surface area contributed by atoms with E-state index < -0.39 is 5.92 Å². The Balaban J connectivity index is 1.42. The summed E-state index contributed by atoms with van der Waals surface area (Å²) >= 11 is 1.58. The third-order valence-electron chi connectivity index (χ3n) is 5.60. The predicted octanol–water partition coefficient (Wildman–Crippen LogP) is 3.42. The fourth-order valence-electron chi connectivity index (χ4n) is 3.98. The Bertz CT molecular complexity index is 1090. The van der Waals surface area contributed by atoms with Gasteiger partial charge in [0.2, 0.25) is 17.7 Å². The van der Waals surface area contributed by atoms with E-state index in [9.17, 15) is 14.4 Å². The lowest BCUT2D eigenvalue weighted by Crippen LogP contribution is -2.43. The average Bonchev–Trinajstić information content (AvgIpc) is 3.45. The lowest BCUT2D eigenvalue weighted by molar-refractivity contribution is -0.139. The highest BCUT2D eigenvalue weighted by Gasteiger charge is 2.37. The zero-order valence-corrected chi connectivity index (χ0v) is 18.2. The Morgan fingerprint density at radius 2 is 1.94 bits per heavy atom. The van der Waals surface area contributed by atoms with Gasteiger partial charge in [-0.1, -0.05) is 42.5 Å². The maximum Gasteiger partial charge on any atom is 0.239 e. The summed E-state index contributed by atoms with van der Waals surface area (Å²) in [5, 5.41) is 6.87. The zero-order chi connectivity index (χ0) is 21.8. The number of rotatable bonds is 7. The number of hydrogen-bond acceptors (Lipinski definition) is 4. The molecule has 1 aliphatic rings. The van der Waals surface area contributed by atoms with Crippen molar-refractivity contribution in [2.24, 2.45) is 5.92 Å². The summed E-state index contributed by atoms with van der Waals surface area (Å²) in [6, 6.07) is 17.7. The van der Waals surface area contributed by atoms with Crippen LogP contribution in [-0.2, 0) is 20.9 Å². The van der Waals surface area contributed by atoms with Gasteiger partial charge < -0.3 is 15.1 Å². The van der Waals surface area contributed by atoms with Crippen LogP contribution in [-0.4, -0.2) is 42.3 Å². The number of carbonyl (C=O) groups excluding carboxylic acids is 3. The Hall–Kier alpha value is -3.19. The molecule has 3 amide bonds. The summed E-state index contributed by atoms with van der Waals surface area (Å²) in [6.45, 7) is 3.06. The van der Waals surface area contributed by atoms with Crippen molar-refractivity contribution in [3.05, 3.63) is 64.9 Å². The number of fused-ring (bicyclic) bond motifs is 1. The van der Waals surface area contributed by atoms with Gasteiger partial charge in [-0.25, -0.2) is 0 Å². The molecule has 160 valence electrons. The van der Waals surface area contributed by atoms with Gasteiger partial charge >= 0.3 is 0 Å². The standard InChI is InChI=1S/C24H25N3O3S/c1-2-26(16-22(28)25-14-19-9-6-12-31-19)24(30)18-13-23(29)27(15-18)21-11-5-8-17-7-3-4-10-20(17)21/h3-12,18H,2,13-16H2,1H3,(H,25,28)/t18-/m1/s1. The van der Waals surface area contributed by atoms with Gasteiger partial charge in [0.15, 0.2) is 0 Å². The van der Waals surface area contributed by atoms with Gasteiger partial charge in [-0.15, -0.1) is 11.3 Å². The summed E-state index contributed by atoms with van der Waals surface area (Å²) in [6.07, 6.45) is 0.162. The van der Waals surface area contributed by atoms with Crippen LogP contribution < -0.4 is 10.2 Å². The SMILES string of the molecule is CCN(CC(=O)NCc1cccs1)C(=O)[C@@H]1CC(=O)N(c2cccc3ccccc23)C1. The van der Waals surface area contributed by atoms with E-state index >= 15 is 0 Å². The molecule has 1 N–H and O–H groups in total. The van der Waals surface area contributed by atoms with Gasteiger partial charge in [-0.2, -0.15) is 0 Å². The number of hydrogen-bond donors (Lipinski definition) is 1. The molecule has 0 aliphatic carbocycles. The molecule has 4 rings (SSSR count). The fourth-order valence-corrected chi connectivity index (χ4v) is 4.63. The number of likely N-dealkylation sites (N-methyl/N-ethyl adjacent to an activating group) is 1. The lowest BCUT2D eigenvalue weighted by Gasteiger charge is -2.24. The van der Waals surface area contributed by atoms with Crippen molar-refractivity contribution in [3.63, 3.8) is 0 Å². The van der Waals surface area contributed by atoms with Gasteiger partial charge in [0.25, 0.3) is 0 Å². The maximum absolute atomic E-state index is 13.1. The minimum absolute atomic E-state index is 0.000331. The van der Waals surface area contributed by atoms with E-state index in [0.29, 0.717) is 19.6 Å². The van der Waals surface area contributed by atoms with Gasteiger partial charge in [-0.3, -0.25) is 14.4 Å². The number of nitrogens with one attached hydrogen (secondary N) is 1. The minimum Gasteiger partial charge on any atom is -0.350 e. The zero-order valence-electron chi connectivity index (χ0n) is 17.4. The first-order valence-corrected chi connectivity index (χ1v) is 11.3. The van der Waals surface area contributed by atoms with Crippen LogP contribution in [0.1, 0.15) is 18.2 Å². The molecule has 1 atom stereocenters. The van der Waals surface area contributed by atoms with Crippen LogP contribution in [0.2, 0.25) is 0 Å². The van der Waals surface area contributed by atoms with Crippen LogP contribution in [0.25, 0.3) is 10.8 Å². The third kappa shape index (κ3) is 4.61. The molecule has 1 saturated heterocycles. The number of carbonyl (C=O) groups is 3. The second kappa shape index (κ2) is 9.31. The first kappa shape index (κ1) is 21.1. The fraction of sp³-hybridized carbons (Fsp3) is 0.292. The van der Waals surface area contributed by atoms with Gasteiger partial charge in [0, 0.05) is 29.8 Å². The number of nitrogens with zero attached hydrogens (tertiary/aromatic N) is 2. The smallest absolute Gasteiger partial charge is 0.239 e. The van der Waals surface area contributed by atoms with Crippen molar-refractivity contribution in [3.8, 4) is 0 Å². The highest BCUT2D eigenvalue weighted by molar-refractivity contribution is 7.09. The van der Waals surface area contributed by atoms with Crippen molar-refractivity contribution in [1.29, 1.82) is 0 Å². The second-order valence-electron chi connectivity index (χ2n) is 7.61. The molecule has 0 bridgehead atoms. The molecule has 6 nitrogen and oxygen atoms in total. The molecule has 0 unspecified atom stereocenters. The molecule has 1 fully saturated rings. The van der Waals surface area contributed by atoms with E-state index in [1.54, 1.807) is 16.2 Å². The van der Waals surface area contributed by atoms with Gasteiger partial charge in [0.1, 0.15) is 0 Å². The summed E-state index contributed by atoms with van der Waals surface area (Å²) < 4.78 is 0. The van der Waals surface area contributed by atoms with Crippen molar-refractivity contribution in [1.82, 2.24) is 10.2 Å². The first-order valence-electron chi connectivity index (χ1n) is 10.4. The van der Waals surface area contributed by atoms with E-state index in [0.717, 1.165) is 21.3 Å². The highest BCUT2D eigenvalue weighted by atomic mass is 32.1. The minimum atomic E-state index is -0.448. The molecule has 31 heavy (non-hydrogen) atoms. The molecule has 1 aromatic heterocycles. The Labute approximate surface area is 185 Å². The second-order valence-corrected chi connectivity index (χ2v) is 8.64. The van der Waals surface area contributed by atoms with Crippen molar-refractivity contribution < 1.29 is 14.4 Å². The summed E-state index contributed by atoms with van der Waals surface area (Å²) in [4.78, 5) is 42.5. The van der Waals surface area contributed by atoms with E-state index in [-0.39, 0.29) is 30.7 Å². The van der Waals surface area contributed by atoms with E-state index in [4.69, 9.17) is 0 Å². The van der Waals surface area contributed by atoms with Gasteiger partial charge in [-0.05, 0) is 29.8 Å². The molecule has 3 aromatic rings. The topological polar surface area (TPSA) is 69.7 Å². The largest absolute Gasteiger partial charge is 0.350 e. The number of amides is 3. The van der Waals surface area contributed by atoms with Crippen LogP contribution in [0.4, 0.5) is 5.69 Å². The molecule has 2 aromatic carbocycles. The predicted molar refractivity (Wildman–Crippen MR) is 123 cm³/mol. The summed E-state index contributed by atoms with van der Waals surface area (Å²) in [5.41, 5.74) is 0.829. The average molecular weight is 436 g/mol. The summed E-state index contributed by atoms with van der Waals surface area (Å²) in [5.74, 6) is -0.854. The van der Waals surface area contributed by atoms with Crippen LogP contribution in [0.5, 0.6) is 0 Å². The molecular formula is C24H25N3O3S. The Morgan fingerprint density at radius 1 is 1.13 bits per heavy atom. The summed E-state index contributed by atoms with van der Waals surface area (Å²) in [7, 11) is 0. The van der Waals surface area contributed by atoms with Gasteiger partial charge in [0.05, 0.1) is 24.7 Å². The number of thiophene rings is 1. The van der Waals surface area contributed by atoms with Crippen molar-refractivity contribution in [2.45, 2.75) is 19.9 Å². The Morgan fingerprint density at radius 3 is 2.71 bits per heavy atom. The van der Waals surface area contributed by atoms with E-state index in [2.05, 4.69) is 5.32 Å². The monoisotopic (exact) mass is 435 g/mol.